The molecule has 0 saturated carbocycles. The second-order valence-corrected chi connectivity index (χ2v) is 8.22. The van der Waals surface area contributed by atoms with Gasteiger partial charge in [-0.1, -0.05) is 42.5 Å². The minimum Gasteiger partial charge on any atom is -0.385 e. The van der Waals surface area contributed by atoms with E-state index in [1.807, 2.05) is 73.6 Å². The van der Waals surface area contributed by atoms with Gasteiger partial charge in [-0.3, -0.25) is 19.1 Å². The monoisotopic (exact) mass is 477 g/mol. The number of carbonyl (C=O) groups is 1. The average Bonchev–Trinajstić information content (AvgIpc) is 2.85. The number of nitrogens with zero attached hydrogens (tertiary/aromatic N) is 3. The highest BCUT2D eigenvalue weighted by Gasteiger charge is 2.23. The van der Waals surface area contributed by atoms with Crippen molar-refractivity contribution in [2.24, 2.45) is 0 Å². The smallest absolute Gasteiger partial charge is 0.330 e. The Hall–Kier alpha value is -4.11. The Bertz CT molecular complexity index is 1280. The molecule has 1 heterocycles. The number of nitrogens with one attached hydrogen (secondary N) is 1. The fourth-order valence-corrected chi connectivity index (χ4v) is 3.60. The number of hydrogen-bond donors (Lipinski definition) is 2. The van der Waals surface area contributed by atoms with Gasteiger partial charge >= 0.3 is 5.69 Å². The topological polar surface area (TPSA) is 114 Å². The Morgan fingerprint density at radius 1 is 1.09 bits per heavy atom. The van der Waals surface area contributed by atoms with Crippen LogP contribution in [0.5, 0.6) is 0 Å². The van der Waals surface area contributed by atoms with E-state index in [1.54, 1.807) is 13.2 Å². The van der Waals surface area contributed by atoms with Gasteiger partial charge in [0.15, 0.2) is 5.69 Å². The van der Waals surface area contributed by atoms with Gasteiger partial charge in [0.05, 0.1) is 6.54 Å². The summed E-state index contributed by atoms with van der Waals surface area (Å²) in [5.41, 5.74) is 7.60. The number of nitrogen functional groups attached to an aromatic ring is 1. The third-order valence-corrected chi connectivity index (χ3v) is 5.49. The molecule has 0 radical (unpaired) electrons. The van der Waals surface area contributed by atoms with Gasteiger partial charge in [0.25, 0.3) is 11.5 Å². The molecule has 0 aliphatic heterocycles. The lowest BCUT2D eigenvalue weighted by Gasteiger charge is -2.23. The van der Waals surface area contributed by atoms with Crippen molar-refractivity contribution in [2.75, 3.05) is 49.9 Å². The van der Waals surface area contributed by atoms with Crippen LogP contribution in [-0.4, -0.2) is 49.8 Å². The van der Waals surface area contributed by atoms with Gasteiger partial charge < -0.3 is 20.3 Å². The zero-order valence-corrected chi connectivity index (χ0v) is 20.2. The standard InChI is InChI=1S/C26H31N5O4/c1-29(2)21-13-10-19(11-14-21)12-15-22(32)30(16-7-17-35-3)23-24(27)31(26(34)28-25(23)33)18-20-8-5-4-6-9-20/h4-6,8-15H,7,16-18,27H2,1-3H3,(H,28,33,34)/b15-12+. The first-order valence-corrected chi connectivity index (χ1v) is 11.2. The average molecular weight is 478 g/mol. The number of anilines is 3. The molecule has 9 heteroatoms. The summed E-state index contributed by atoms with van der Waals surface area (Å²) in [7, 11) is 5.46. The molecule has 35 heavy (non-hydrogen) atoms. The third-order valence-electron chi connectivity index (χ3n) is 5.49. The highest BCUT2D eigenvalue weighted by atomic mass is 16.5. The highest BCUT2D eigenvalue weighted by Crippen LogP contribution is 2.19. The molecule has 3 N–H and O–H groups in total. The normalized spacial score (nSPS) is 11.1. The molecule has 2 aromatic carbocycles. The molecule has 0 atom stereocenters. The molecular weight excluding hydrogens is 446 g/mol. The van der Waals surface area contributed by atoms with E-state index < -0.39 is 17.2 Å². The Kier molecular flexibility index (Phi) is 8.63. The lowest BCUT2D eigenvalue weighted by atomic mass is 10.2. The second-order valence-electron chi connectivity index (χ2n) is 8.22. The maximum Gasteiger partial charge on any atom is 0.330 e. The van der Waals surface area contributed by atoms with Gasteiger partial charge in [0.2, 0.25) is 0 Å². The molecule has 0 aliphatic carbocycles. The van der Waals surface area contributed by atoms with Crippen molar-refractivity contribution >= 4 is 29.2 Å². The van der Waals surface area contributed by atoms with Crippen LogP contribution in [0.4, 0.5) is 17.2 Å². The van der Waals surface area contributed by atoms with Gasteiger partial charge in [-0.05, 0) is 35.8 Å². The van der Waals surface area contributed by atoms with E-state index in [2.05, 4.69) is 4.98 Å². The summed E-state index contributed by atoms with van der Waals surface area (Å²) >= 11 is 0. The van der Waals surface area contributed by atoms with Crippen LogP contribution in [-0.2, 0) is 16.1 Å². The number of carbonyl (C=O) groups excluding carboxylic acids is 1. The van der Waals surface area contributed by atoms with Gasteiger partial charge in [-0.15, -0.1) is 0 Å². The van der Waals surface area contributed by atoms with Crippen LogP contribution in [0.15, 0.2) is 70.3 Å². The van der Waals surface area contributed by atoms with E-state index >= 15 is 0 Å². The number of rotatable bonds is 10. The summed E-state index contributed by atoms with van der Waals surface area (Å²) in [6, 6.07) is 16.9. The summed E-state index contributed by atoms with van der Waals surface area (Å²) in [6.07, 6.45) is 3.54. The van der Waals surface area contributed by atoms with Crippen LogP contribution in [0.3, 0.4) is 0 Å². The first kappa shape index (κ1) is 25.5. The minimum absolute atomic E-state index is 0.0609. The number of H-pyrrole nitrogens is 1. The number of nitrogens with two attached hydrogens (primary N) is 1. The van der Waals surface area contributed by atoms with Crippen molar-refractivity contribution < 1.29 is 9.53 Å². The zero-order chi connectivity index (χ0) is 25.4. The number of amides is 1. The molecule has 0 fully saturated rings. The first-order valence-electron chi connectivity index (χ1n) is 11.2. The number of benzene rings is 2. The van der Waals surface area contributed by atoms with Crippen LogP contribution < -0.4 is 26.8 Å². The second kappa shape index (κ2) is 11.8. The van der Waals surface area contributed by atoms with E-state index in [4.69, 9.17) is 10.5 Å². The highest BCUT2D eigenvalue weighted by molar-refractivity contribution is 6.05. The van der Waals surface area contributed by atoms with Gasteiger partial charge in [0, 0.05) is 46.1 Å². The van der Waals surface area contributed by atoms with Crippen molar-refractivity contribution in [2.45, 2.75) is 13.0 Å². The Balaban J connectivity index is 1.96. The van der Waals surface area contributed by atoms with Crippen LogP contribution in [0.1, 0.15) is 17.5 Å². The van der Waals surface area contributed by atoms with E-state index in [-0.39, 0.29) is 24.6 Å². The van der Waals surface area contributed by atoms with E-state index in [0.29, 0.717) is 13.0 Å². The number of hydrogen-bond acceptors (Lipinski definition) is 6. The zero-order valence-electron chi connectivity index (χ0n) is 20.2. The van der Waals surface area contributed by atoms with Crippen molar-refractivity contribution in [1.29, 1.82) is 0 Å². The largest absolute Gasteiger partial charge is 0.385 e. The Labute approximate surface area is 204 Å². The molecule has 1 amide bonds. The number of methoxy groups -OCH3 is 1. The molecule has 9 nitrogen and oxygen atoms in total. The van der Waals surface area contributed by atoms with Gasteiger partial charge in [-0.25, -0.2) is 4.79 Å². The van der Waals surface area contributed by atoms with Crippen molar-refractivity contribution in [3.8, 4) is 0 Å². The van der Waals surface area contributed by atoms with Crippen LogP contribution in [0, 0.1) is 0 Å². The lowest BCUT2D eigenvalue weighted by Crippen LogP contribution is -2.41. The summed E-state index contributed by atoms with van der Waals surface area (Å²) in [5, 5.41) is 0. The minimum atomic E-state index is -0.716. The summed E-state index contributed by atoms with van der Waals surface area (Å²) in [6.45, 7) is 0.734. The van der Waals surface area contributed by atoms with E-state index in [9.17, 15) is 14.4 Å². The summed E-state index contributed by atoms with van der Waals surface area (Å²) < 4.78 is 6.37. The van der Waals surface area contributed by atoms with Crippen LogP contribution in [0.2, 0.25) is 0 Å². The summed E-state index contributed by atoms with van der Waals surface area (Å²) in [4.78, 5) is 44.2. The molecule has 0 aliphatic rings. The molecule has 0 spiro atoms. The van der Waals surface area contributed by atoms with Crippen molar-refractivity contribution in [1.82, 2.24) is 9.55 Å². The predicted octanol–water partition coefficient (Wildman–Crippen LogP) is 2.32. The van der Waals surface area contributed by atoms with Gasteiger partial charge in [-0.2, -0.15) is 0 Å². The predicted molar refractivity (Wildman–Crippen MR) is 140 cm³/mol. The maximum absolute atomic E-state index is 13.2. The number of ether oxygens (including phenoxy) is 1. The SMILES string of the molecule is COCCCN(C(=O)/C=C/c1ccc(N(C)C)cc1)c1c(N)n(Cc2ccccc2)c(=O)[nH]c1=O. The molecule has 184 valence electrons. The first-order chi connectivity index (χ1) is 16.8. The van der Waals surface area contributed by atoms with Crippen molar-refractivity contribution in [3.63, 3.8) is 0 Å². The Morgan fingerprint density at radius 2 is 1.77 bits per heavy atom. The fourth-order valence-electron chi connectivity index (χ4n) is 3.60. The fraction of sp³-hybridized carbons (Fsp3) is 0.269. The molecule has 3 rings (SSSR count). The number of aromatic nitrogens is 2. The van der Waals surface area contributed by atoms with E-state index in [1.165, 1.54) is 15.5 Å². The molecule has 0 unspecified atom stereocenters. The lowest BCUT2D eigenvalue weighted by molar-refractivity contribution is -0.114. The Morgan fingerprint density at radius 3 is 2.40 bits per heavy atom. The molecule has 0 saturated heterocycles. The molecule has 0 bridgehead atoms. The maximum atomic E-state index is 13.2. The third kappa shape index (κ3) is 6.48. The molecular formula is C26H31N5O4. The number of aromatic amines is 1. The quantitative estimate of drug-likeness (QED) is 0.342. The van der Waals surface area contributed by atoms with E-state index in [0.717, 1.165) is 16.8 Å². The van der Waals surface area contributed by atoms with Crippen LogP contribution in [0.25, 0.3) is 6.08 Å². The molecule has 3 aromatic rings. The van der Waals surface area contributed by atoms with Gasteiger partial charge in [0.1, 0.15) is 5.82 Å². The summed E-state index contributed by atoms with van der Waals surface area (Å²) in [5.74, 6) is -0.503. The van der Waals surface area contributed by atoms with Crippen molar-refractivity contribution in [3.05, 3.63) is 92.6 Å². The van der Waals surface area contributed by atoms with Crippen LogP contribution >= 0.6 is 0 Å². The molecule has 1 aromatic heterocycles.